The van der Waals surface area contributed by atoms with Gasteiger partial charge in [0.2, 0.25) is 6.29 Å². The van der Waals surface area contributed by atoms with Crippen LogP contribution >= 0.6 is 0 Å². The van der Waals surface area contributed by atoms with Crippen LogP contribution in [-0.4, -0.2) is 77.1 Å². The predicted molar refractivity (Wildman–Crippen MR) is 141 cm³/mol. The first-order chi connectivity index (χ1) is 19.4. The Bertz CT molecular complexity index is 1230. The van der Waals surface area contributed by atoms with Crippen LogP contribution in [0.2, 0.25) is 0 Å². The summed E-state index contributed by atoms with van der Waals surface area (Å²) in [6, 6.07) is 0. The van der Waals surface area contributed by atoms with Crippen LogP contribution in [-0.2, 0) is 38.1 Å². The summed E-state index contributed by atoms with van der Waals surface area (Å²) in [4.78, 5) is 36.9. The van der Waals surface area contributed by atoms with Crippen molar-refractivity contribution in [3.63, 3.8) is 0 Å². The van der Waals surface area contributed by atoms with Crippen molar-refractivity contribution in [3.05, 3.63) is 23.3 Å². The van der Waals surface area contributed by atoms with Gasteiger partial charge in [-0.15, -0.1) is 0 Å². The molecule has 10 heteroatoms. The number of allylic oxidation sites excluding steroid dienone is 1. The molecular formula is C31H40O10. The van der Waals surface area contributed by atoms with Crippen LogP contribution in [0.5, 0.6) is 0 Å². The zero-order valence-electron chi connectivity index (χ0n) is 23.9. The molecule has 224 valence electrons. The van der Waals surface area contributed by atoms with Gasteiger partial charge in [0, 0.05) is 24.8 Å². The number of ether oxygens (including phenoxy) is 5. The fraction of sp³-hybridized carbons (Fsp3) is 0.774. The summed E-state index contributed by atoms with van der Waals surface area (Å²) >= 11 is 0. The molecule has 0 aromatic carbocycles. The Morgan fingerprint density at radius 1 is 1.15 bits per heavy atom. The van der Waals surface area contributed by atoms with Crippen LogP contribution in [0.25, 0.3) is 0 Å². The maximum absolute atomic E-state index is 13.2. The molecule has 0 bridgehead atoms. The molecule has 0 aromatic rings. The molecule has 7 aliphatic rings. The smallest absolute Gasteiger partial charge is 0.331 e. The van der Waals surface area contributed by atoms with Gasteiger partial charge in [-0.05, 0) is 75.2 Å². The Kier molecular flexibility index (Phi) is 6.21. The lowest BCUT2D eigenvalue weighted by atomic mass is 9.45. The van der Waals surface area contributed by atoms with Crippen molar-refractivity contribution in [1.29, 1.82) is 0 Å². The lowest BCUT2D eigenvalue weighted by Crippen LogP contribution is -2.70. The van der Waals surface area contributed by atoms with E-state index in [0.29, 0.717) is 25.7 Å². The first kappa shape index (κ1) is 27.7. The van der Waals surface area contributed by atoms with Crippen LogP contribution in [0.3, 0.4) is 0 Å². The van der Waals surface area contributed by atoms with Crippen molar-refractivity contribution in [2.24, 2.45) is 28.6 Å². The fourth-order valence-electron chi connectivity index (χ4n) is 9.93. The normalized spacial score (nSPS) is 52.0. The van der Waals surface area contributed by atoms with Gasteiger partial charge in [-0.2, -0.15) is 0 Å². The van der Waals surface area contributed by atoms with Gasteiger partial charge in [-0.1, -0.05) is 18.6 Å². The second-order valence-electron chi connectivity index (χ2n) is 13.7. The highest BCUT2D eigenvalue weighted by atomic mass is 16.8. The fourth-order valence-corrected chi connectivity index (χ4v) is 9.93. The van der Waals surface area contributed by atoms with Crippen LogP contribution in [0.4, 0.5) is 0 Å². The molecule has 2 saturated heterocycles. The minimum absolute atomic E-state index is 0.0568. The van der Waals surface area contributed by atoms with E-state index in [1.54, 1.807) is 6.08 Å². The van der Waals surface area contributed by atoms with Gasteiger partial charge in [0.25, 0.3) is 5.79 Å². The Labute approximate surface area is 239 Å². The van der Waals surface area contributed by atoms with Gasteiger partial charge in [-0.25, -0.2) is 4.79 Å². The third-order valence-corrected chi connectivity index (χ3v) is 11.9. The van der Waals surface area contributed by atoms with Crippen LogP contribution in [0, 0.1) is 28.6 Å². The van der Waals surface area contributed by atoms with Gasteiger partial charge < -0.3 is 38.7 Å². The van der Waals surface area contributed by atoms with Gasteiger partial charge in [-0.3, -0.25) is 4.79 Å². The van der Waals surface area contributed by atoms with Crippen LogP contribution in [0.1, 0.15) is 72.1 Å². The molecule has 3 heterocycles. The number of carbonyl (C=O) groups is 3. The molecule has 3 aliphatic heterocycles. The number of fused-ring (bicyclic) bond motifs is 7. The van der Waals surface area contributed by atoms with E-state index in [1.165, 1.54) is 6.92 Å². The second kappa shape index (κ2) is 9.19. The molecule has 10 nitrogen and oxygen atoms in total. The molecule has 0 spiro atoms. The molecule has 0 aromatic heterocycles. The minimum Gasteiger partial charge on any atom is -0.458 e. The van der Waals surface area contributed by atoms with Gasteiger partial charge in [0.15, 0.2) is 6.10 Å². The Morgan fingerprint density at radius 2 is 1.95 bits per heavy atom. The monoisotopic (exact) mass is 572 g/mol. The average molecular weight is 573 g/mol. The maximum atomic E-state index is 13.2. The van der Waals surface area contributed by atoms with Crippen molar-refractivity contribution in [2.45, 2.75) is 114 Å². The Balaban J connectivity index is 1.19. The number of aliphatic hydroxyl groups is 2. The van der Waals surface area contributed by atoms with E-state index < -0.39 is 52.8 Å². The molecule has 2 N–H and O–H groups in total. The van der Waals surface area contributed by atoms with E-state index in [0.717, 1.165) is 36.7 Å². The van der Waals surface area contributed by atoms with Crippen molar-refractivity contribution >= 4 is 18.2 Å². The summed E-state index contributed by atoms with van der Waals surface area (Å²) in [6.45, 7) is 5.54. The Morgan fingerprint density at radius 3 is 2.66 bits per heavy atom. The highest BCUT2D eigenvalue weighted by molar-refractivity contribution is 5.85. The molecule has 0 radical (unpaired) electrons. The van der Waals surface area contributed by atoms with Gasteiger partial charge in [0.1, 0.15) is 12.9 Å². The number of esters is 2. The molecule has 12 unspecified atom stereocenters. The molecule has 12 atom stereocenters. The summed E-state index contributed by atoms with van der Waals surface area (Å²) in [6.07, 6.45) is 5.83. The molecule has 41 heavy (non-hydrogen) atoms. The largest absolute Gasteiger partial charge is 0.458 e. The first-order valence-corrected chi connectivity index (χ1v) is 15.1. The second-order valence-corrected chi connectivity index (χ2v) is 13.7. The summed E-state index contributed by atoms with van der Waals surface area (Å²) < 4.78 is 29.3. The lowest BCUT2D eigenvalue weighted by molar-refractivity contribution is -0.453. The van der Waals surface area contributed by atoms with Crippen LogP contribution in [0.15, 0.2) is 23.3 Å². The number of hydrogen-bond donors (Lipinski definition) is 2. The van der Waals surface area contributed by atoms with Crippen molar-refractivity contribution in [2.75, 3.05) is 6.61 Å². The number of rotatable bonds is 3. The molecule has 5 fully saturated rings. The SMILES string of the molecule is CC(=O)OC1CC(C)OC2OC3CC4=CCC5C(CCC6(C)C(C7=CC(=O)OC7)CCC56O)C4(C=O)CC3OC12O. The Hall–Kier alpha value is -2.11. The first-order valence-electron chi connectivity index (χ1n) is 15.1. The highest BCUT2D eigenvalue weighted by Gasteiger charge is 2.69. The predicted octanol–water partition coefficient (Wildman–Crippen LogP) is 2.49. The van der Waals surface area contributed by atoms with E-state index in [-0.39, 0.29) is 42.9 Å². The summed E-state index contributed by atoms with van der Waals surface area (Å²) in [5, 5.41) is 24.1. The average Bonchev–Trinajstić information content (AvgIpc) is 3.46. The standard InChI is InChI=1S/C31H40O10/c1-16-10-25(39-17(2)33)31(36)27(38-16)40-23-12-19-4-5-22-21(29(19,15-32)13-24(23)41-31)6-8-28(3)20(7-9-30(22,28)35)18-11-26(34)37-14-18/h4,11,15-16,20-25,27,35-36H,5-10,12-14H2,1-3H3. The van der Waals surface area contributed by atoms with Crippen molar-refractivity contribution in [1.82, 2.24) is 0 Å². The summed E-state index contributed by atoms with van der Waals surface area (Å²) in [7, 11) is 0. The molecule has 3 saturated carbocycles. The van der Waals surface area contributed by atoms with Crippen LogP contribution < -0.4 is 0 Å². The minimum atomic E-state index is -1.99. The molecular weight excluding hydrogens is 532 g/mol. The van der Waals surface area contributed by atoms with E-state index >= 15 is 0 Å². The summed E-state index contributed by atoms with van der Waals surface area (Å²) in [5.74, 6) is -3.02. The van der Waals surface area contributed by atoms with E-state index in [2.05, 4.69) is 13.0 Å². The number of carbonyl (C=O) groups excluding carboxylic acids is 3. The topological polar surface area (TPSA) is 138 Å². The van der Waals surface area contributed by atoms with Gasteiger partial charge >= 0.3 is 11.9 Å². The zero-order chi connectivity index (χ0) is 28.9. The lowest BCUT2D eigenvalue weighted by Gasteiger charge is -2.62. The summed E-state index contributed by atoms with van der Waals surface area (Å²) in [5.41, 5.74) is -0.323. The quantitative estimate of drug-likeness (QED) is 0.295. The van der Waals surface area contributed by atoms with Gasteiger partial charge in [0.05, 0.1) is 29.3 Å². The maximum Gasteiger partial charge on any atom is 0.331 e. The zero-order valence-corrected chi connectivity index (χ0v) is 23.9. The van der Waals surface area contributed by atoms with Crippen molar-refractivity contribution in [3.8, 4) is 0 Å². The molecule has 4 aliphatic carbocycles. The van der Waals surface area contributed by atoms with E-state index in [1.807, 2.05) is 6.92 Å². The van der Waals surface area contributed by atoms with E-state index in [4.69, 9.17) is 23.7 Å². The van der Waals surface area contributed by atoms with E-state index in [9.17, 15) is 24.6 Å². The molecule has 7 rings (SSSR count). The number of aldehydes is 1. The third-order valence-electron chi connectivity index (χ3n) is 11.9. The van der Waals surface area contributed by atoms with Crippen molar-refractivity contribution < 1.29 is 48.3 Å². The third kappa shape index (κ3) is 3.76. The highest BCUT2D eigenvalue weighted by Crippen LogP contribution is 2.69. The number of cyclic esters (lactones) is 1. The number of hydrogen-bond acceptors (Lipinski definition) is 10. The molecule has 0 amide bonds.